The molecule has 1 N–H and O–H groups in total. The lowest BCUT2D eigenvalue weighted by molar-refractivity contribution is 0.0508. The highest BCUT2D eigenvalue weighted by atomic mass is 16.3. The molecule has 0 radical (unpaired) electrons. The summed E-state index contributed by atoms with van der Waals surface area (Å²) in [5, 5.41) is 3.39. The van der Waals surface area contributed by atoms with Gasteiger partial charge in [0.15, 0.2) is 0 Å². The summed E-state index contributed by atoms with van der Waals surface area (Å²) in [5.74, 6) is 0.767. The van der Waals surface area contributed by atoms with Crippen molar-refractivity contribution in [1.82, 2.24) is 10.2 Å². The van der Waals surface area contributed by atoms with E-state index in [9.17, 15) is 4.79 Å². The maximum atomic E-state index is 12.0. The molecule has 4 heteroatoms. The number of nitrogens with zero attached hydrogens (tertiary/aromatic N) is 1. The highest BCUT2D eigenvalue weighted by Crippen LogP contribution is 2.24. The van der Waals surface area contributed by atoms with Gasteiger partial charge in [0.1, 0.15) is 6.26 Å². The average Bonchev–Trinajstić information content (AvgIpc) is 2.72. The largest absolute Gasteiger partial charge is 0.472 e. The zero-order valence-electron chi connectivity index (χ0n) is 8.48. The highest BCUT2D eigenvalue weighted by Gasteiger charge is 2.37. The minimum absolute atomic E-state index is 0.106. The number of hydrogen-bond donors (Lipinski definition) is 1. The fourth-order valence-corrected chi connectivity index (χ4v) is 2.40. The summed E-state index contributed by atoms with van der Waals surface area (Å²) in [6, 6.07) is 2.38. The third-order valence-electron chi connectivity index (χ3n) is 3.43. The van der Waals surface area contributed by atoms with Gasteiger partial charge in [0.25, 0.3) is 5.91 Å². The number of fused-ring (bicyclic) bond motifs is 1. The molecule has 15 heavy (non-hydrogen) atoms. The third kappa shape index (κ3) is 1.45. The first-order valence-corrected chi connectivity index (χ1v) is 5.39. The van der Waals surface area contributed by atoms with E-state index in [0.717, 1.165) is 26.1 Å². The molecule has 2 saturated heterocycles. The molecule has 80 valence electrons. The van der Waals surface area contributed by atoms with Crippen molar-refractivity contribution in [3.05, 3.63) is 24.2 Å². The highest BCUT2D eigenvalue weighted by molar-refractivity contribution is 5.93. The number of rotatable bonds is 1. The quantitative estimate of drug-likeness (QED) is 0.736. The summed E-state index contributed by atoms with van der Waals surface area (Å²) >= 11 is 0. The Balaban J connectivity index is 1.70. The van der Waals surface area contributed by atoms with E-state index >= 15 is 0 Å². The van der Waals surface area contributed by atoms with E-state index in [0.29, 0.717) is 17.5 Å². The van der Waals surface area contributed by atoms with Gasteiger partial charge in [-0.05, 0) is 12.5 Å². The summed E-state index contributed by atoms with van der Waals surface area (Å²) in [7, 11) is 0. The van der Waals surface area contributed by atoms with Crippen molar-refractivity contribution in [1.29, 1.82) is 0 Å². The van der Waals surface area contributed by atoms with E-state index in [4.69, 9.17) is 4.42 Å². The molecule has 3 heterocycles. The van der Waals surface area contributed by atoms with Crippen LogP contribution in [0, 0.1) is 5.92 Å². The van der Waals surface area contributed by atoms with E-state index in [1.807, 2.05) is 4.90 Å². The zero-order chi connectivity index (χ0) is 10.3. The second-order valence-electron chi connectivity index (χ2n) is 4.33. The van der Waals surface area contributed by atoms with Crippen LogP contribution in [0.25, 0.3) is 0 Å². The normalized spacial score (nSPS) is 29.5. The SMILES string of the molecule is O=C(c1ccoc1)N1CCC2NCC2C1. The van der Waals surface area contributed by atoms with E-state index in [2.05, 4.69) is 5.32 Å². The average molecular weight is 206 g/mol. The molecule has 2 unspecified atom stereocenters. The van der Waals surface area contributed by atoms with Crippen molar-refractivity contribution in [2.45, 2.75) is 12.5 Å². The van der Waals surface area contributed by atoms with Crippen LogP contribution in [0.1, 0.15) is 16.8 Å². The lowest BCUT2D eigenvalue weighted by Crippen LogP contribution is -2.62. The standard InChI is InChI=1S/C11H14N2O2/c14-11(8-2-4-15-7-8)13-3-1-10-9(6-13)5-12-10/h2,4,7,9-10,12H,1,3,5-6H2. The van der Waals surface area contributed by atoms with Gasteiger partial charge in [-0.25, -0.2) is 0 Å². The second-order valence-corrected chi connectivity index (χ2v) is 4.33. The first-order valence-electron chi connectivity index (χ1n) is 5.39. The Hall–Kier alpha value is -1.29. The van der Waals surface area contributed by atoms with Crippen LogP contribution in [-0.4, -0.2) is 36.5 Å². The molecule has 1 amide bonds. The third-order valence-corrected chi connectivity index (χ3v) is 3.43. The number of likely N-dealkylation sites (tertiary alicyclic amines) is 1. The number of hydrogen-bond acceptors (Lipinski definition) is 3. The van der Waals surface area contributed by atoms with E-state index < -0.39 is 0 Å². The van der Waals surface area contributed by atoms with Gasteiger partial charge in [0, 0.05) is 31.6 Å². The van der Waals surface area contributed by atoms with E-state index in [-0.39, 0.29) is 5.91 Å². The molecule has 0 saturated carbocycles. The van der Waals surface area contributed by atoms with Crippen LogP contribution in [0.2, 0.25) is 0 Å². The van der Waals surface area contributed by atoms with Crippen molar-refractivity contribution in [2.75, 3.05) is 19.6 Å². The summed E-state index contributed by atoms with van der Waals surface area (Å²) in [5.41, 5.74) is 0.667. The number of amides is 1. The van der Waals surface area contributed by atoms with Gasteiger partial charge >= 0.3 is 0 Å². The Labute approximate surface area is 88.2 Å². The molecule has 1 aromatic rings. The maximum absolute atomic E-state index is 12.0. The Morgan fingerprint density at radius 2 is 2.53 bits per heavy atom. The summed E-state index contributed by atoms with van der Waals surface area (Å²) in [6.07, 6.45) is 4.15. The van der Waals surface area contributed by atoms with Crippen molar-refractivity contribution < 1.29 is 9.21 Å². The van der Waals surface area contributed by atoms with Gasteiger partial charge in [-0.3, -0.25) is 4.79 Å². The van der Waals surface area contributed by atoms with Crippen molar-refractivity contribution in [3.63, 3.8) is 0 Å². The van der Waals surface area contributed by atoms with Gasteiger partial charge in [-0.15, -0.1) is 0 Å². The molecule has 2 aliphatic rings. The zero-order valence-corrected chi connectivity index (χ0v) is 8.48. The minimum atomic E-state index is 0.106. The number of nitrogens with one attached hydrogen (secondary N) is 1. The molecule has 0 aliphatic carbocycles. The minimum Gasteiger partial charge on any atom is -0.472 e. The monoisotopic (exact) mass is 206 g/mol. The van der Waals surface area contributed by atoms with E-state index in [1.165, 1.54) is 6.26 Å². The summed E-state index contributed by atoms with van der Waals surface area (Å²) in [4.78, 5) is 13.9. The van der Waals surface area contributed by atoms with Gasteiger partial charge in [-0.1, -0.05) is 0 Å². The molecule has 3 rings (SSSR count). The lowest BCUT2D eigenvalue weighted by atomic mass is 9.85. The maximum Gasteiger partial charge on any atom is 0.257 e. The molecule has 4 nitrogen and oxygen atoms in total. The lowest BCUT2D eigenvalue weighted by Gasteiger charge is -2.46. The van der Waals surface area contributed by atoms with Gasteiger partial charge < -0.3 is 14.6 Å². The van der Waals surface area contributed by atoms with Crippen molar-refractivity contribution >= 4 is 5.91 Å². The first-order chi connectivity index (χ1) is 7.34. The summed E-state index contributed by atoms with van der Waals surface area (Å²) in [6.45, 7) is 2.81. The first kappa shape index (κ1) is 8.97. The second kappa shape index (κ2) is 3.38. The Morgan fingerprint density at radius 1 is 1.60 bits per heavy atom. The fraction of sp³-hybridized carbons (Fsp3) is 0.545. The summed E-state index contributed by atoms with van der Waals surface area (Å²) < 4.78 is 4.93. The van der Waals surface area contributed by atoms with Crippen LogP contribution >= 0.6 is 0 Å². The molecule has 2 atom stereocenters. The van der Waals surface area contributed by atoms with Crippen LogP contribution in [0.3, 0.4) is 0 Å². The molecule has 2 aliphatic heterocycles. The molecule has 2 fully saturated rings. The Morgan fingerprint density at radius 3 is 3.13 bits per heavy atom. The Kier molecular flexibility index (Phi) is 2.02. The van der Waals surface area contributed by atoms with Gasteiger partial charge in [-0.2, -0.15) is 0 Å². The molecule has 0 aromatic carbocycles. The van der Waals surface area contributed by atoms with Crippen LogP contribution in [0.15, 0.2) is 23.0 Å². The number of piperidine rings is 1. The van der Waals surface area contributed by atoms with Gasteiger partial charge in [0.2, 0.25) is 0 Å². The number of carbonyl (C=O) groups excluding carboxylic acids is 1. The van der Waals surface area contributed by atoms with Crippen LogP contribution < -0.4 is 5.32 Å². The van der Waals surface area contributed by atoms with Crippen LogP contribution in [-0.2, 0) is 0 Å². The molecular formula is C11H14N2O2. The van der Waals surface area contributed by atoms with Gasteiger partial charge in [0.05, 0.1) is 11.8 Å². The topological polar surface area (TPSA) is 45.5 Å². The van der Waals surface area contributed by atoms with E-state index in [1.54, 1.807) is 12.3 Å². The predicted octanol–water partition coefficient (Wildman–Crippen LogP) is 0.714. The number of carbonyl (C=O) groups is 1. The molecular weight excluding hydrogens is 192 g/mol. The fourth-order valence-electron chi connectivity index (χ4n) is 2.40. The van der Waals surface area contributed by atoms with Crippen molar-refractivity contribution in [3.8, 4) is 0 Å². The predicted molar refractivity (Wildman–Crippen MR) is 54.5 cm³/mol. The molecule has 1 aromatic heterocycles. The van der Waals surface area contributed by atoms with Crippen LogP contribution in [0.5, 0.6) is 0 Å². The molecule has 0 spiro atoms. The Bertz CT molecular complexity index is 361. The smallest absolute Gasteiger partial charge is 0.257 e. The number of furan rings is 1. The molecule has 0 bridgehead atoms. The van der Waals surface area contributed by atoms with Crippen LogP contribution in [0.4, 0.5) is 0 Å². The van der Waals surface area contributed by atoms with Crippen molar-refractivity contribution in [2.24, 2.45) is 5.92 Å².